The lowest BCUT2D eigenvalue weighted by Crippen LogP contribution is -2.44. The molecule has 2 rings (SSSR count). The molecule has 1 aliphatic carbocycles. The molecule has 2 atom stereocenters. The predicted molar refractivity (Wildman–Crippen MR) is 70.3 cm³/mol. The minimum atomic E-state index is -0.286. The van der Waals surface area contributed by atoms with E-state index < -0.39 is 0 Å². The van der Waals surface area contributed by atoms with Crippen molar-refractivity contribution in [3.8, 4) is 0 Å². The van der Waals surface area contributed by atoms with E-state index in [9.17, 15) is 9.90 Å². The van der Waals surface area contributed by atoms with Crippen molar-refractivity contribution in [3.63, 3.8) is 0 Å². The van der Waals surface area contributed by atoms with Gasteiger partial charge >= 0.3 is 0 Å². The summed E-state index contributed by atoms with van der Waals surface area (Å²) in [7, 11) is 4.05. The maximum atomic E-state index is 11.8. The molecule has 1 amide bonds. The van der Waals surface area contributed by atoms with E-state index in [1.54, 1.807) is 0 Å². The van der Waals surface area contributed by atoms with Crippen LogP contribution in [0.4, 0.5) is 0 Å². The average Bonchev–Trinajstić information content (AvgIpc) is 3.02. The summed E-state index contributed by atoms with van der Waals surface area (Å²) in [4.78, 5) is 16.0. The molecule has 1 saturated heterocycles. The second kappa shape index (κ2) is 5.99. The minimum absolute atomic E-state index is 0.0970. The molecule has 104 valence electrons. The monoisotopic (exact) mass is 255 g/mol. The van der Waals surface area contributed by atoms with Crippen molar-refractivity contribution >= 4 is 5.91 Å². The van der Waals surface area contributed by atoms with E-state index in [1.165, 1.54) is 12.8 Å². The predicted octanol–water partition coefficient (Wildman–Crippen LogP) is -0.491. The Morgan fingerprint density at radius 3 is 2.78 bits per heavy atom. The Balaban J connectivity index is 1.75. The molecule has 18 heavy (non-hydrogen) atoms. The van der Waals surface area contributed by atoms with Crippen LogP contribution in [0.25, 0.3) is 0 Å². The quantitative estimate of drug-likeness (QED) is 0.672. The summed E-state index contributed by atoms with van der Waals surface area (Å²) in [6.45, 7) is 2.76. The Labute approximate surface area is 109 Å². The van der Waals surface area contributed by atoms with E-state index in [0.29, 0.717) is 19.1 Å². The van der Waals surface area contributed by atoms with Crippen molar-refractivity contribution in [3.05, 3.63) is 0 Å². The summed E-state index contributed by atoms with van der Waals surface area (Å²) in [6, 6.07) is 0.293. The number of hydrogen-bond acceptors (Lipinski definition) is 4. The Morgan fingerprint density at radius 1 is 1.44 bits per heavy atom. The number of nitrogens with one attached hydrogen (secondary N) is 1. The Kier molecular flexibility index (Phi) is 4.59. The van der Waals surface area contributed by atoms with Crippen LogP contribution in [0, 0.1) is 5.92 Å². The van der Waals surface area contributed by atoms with Gasteiger partial charge in [-0.3, -0.25) is 9.69 Å². The highest BCUT2D eigenvalue weighted by Crippen LogP contribution is 2.27. The highest BCUT2D eigenvalue weighted by molar-refractivity contribution is 5.78. The van der Waals surface area contributed by atoms with E-state index >= 15 is 0 Å². The van der Waals surface area contributed by atoms with Crippen molar-refractivity contribution in [2.45, 2.75) is 31.4 Å². The molecule has 5 heteroatoms. The number of aliphatic hydroxyl groups excluding tert-OH is 1. The molecule has 2 fully saturated rings. The summed E-state index contributed by atoms with van der Waals surface area (Å²) in [5.41, 5.74) is 0. The molecule has 2 N–H and O–H groups in total. The summed E-state index contributed by atoms with van der Waals surface area (Å²) < 4.78 is 0. The van der Waals surface area contributed by atoms with E-state index in [4.69, 9.17) is 0 Å². The highest BCUT2D eigenvalue weighted by atomic mass is 16.3. The van der Waals surface area contributed by atoms with Gasteiger partial charge in [-0.2, -0.15) is 0 Å². The molecular formula is C13H25N3O2. The van der Waals surface area contributed by atoms with Gasteiger partial charge in [-0.05, 0) is 39.3 Å². The van der Waals surface area contributed by atoms with Crippen LogP contribution in [0.15, 0.2) is 0 Å². The molecule has 1 aliphatic heterocycles. The van der Waals surface area contributed by atoms with Gasteiger partial charge in [0.2, 0.25) is 5.91 Å². The third kappa shape index (κ3) is 4.23. The fraction of sp³-hybridized carbons (Fsp3) is 0.923. The number of likely N-dealkylation sites (tertiary alicyclic amines) is 1. The number of β-amino-alcohol motifs (C(OH)–C–C–N with tert-alkyl or cyclic N) is 1. The van der Waals surface area contributed by atoms with Gasteiger partial charge in [0.25, 0.3) is 0 Å². The molecule has 1 heterocycles. The van der Waals surface area contributed by atoms with Gasteiger partial charge in [-0.25, -0.2) is 0 Å². The lowest BCUT2D eigenvalue weighted by atomic mass is 10.2. The Morgan fingerprint density at radius 2 is 2.17 bits per heavy atom. The highest BCUT2D eigenvalue weighted by Gasteiger charge is 2.32. The van der Waals surface area contributed by atoms with Gasteiger partial charge in [0.05, 0.1) is 12.6 Å². The van der Waals surface area contributed by atoms with Crippen LogP contribution in [0.1, 0.15) is 19.3 Å². The van der Waals surface area contributed by atoms with Gasteiger partial charge in [0, 0.05) is 25.7 Å². The summed E-state index contributed by atoms with van der Waals surface area (Å²) in [5, 5.41) is 12.7. The van der Waals surface area contributed by atoms with E-state index in [0.717, 1.165) is 25.4 Å². The number of hydrogen-bond donors (Lipinski definition) is 2. The number of rotatable bonds is 6. The fourth-order valence-corrected chi connectivity index (χ4v) is 2.58. The molecule has 0 bridgehead atoms. The molecule has 1 saturated carbocycles. The molecule has 0 radical (unpaired) electrons. The third-order valence-corrected chi connectivity index (χ3v) is 3.71. The van der Waals surface area contributed by atoms with Gasteiger partial charge in [0.1, 0.15) is 0 Å². The zero-order valence-corrected chi connectivity index (χ0v) is 11.4. The zero-order chi connectivity index (χ0) is 13.1. The maximum Gasteiger partial charge on any atom is 0.234 e. The molecule has 2 aliphatic rings. The maximum absolute atomic E-state index is 11.8. The van der Waals surface area contributed by atoms with Crippen molar-refractivity contribution in [2.24, 2.45) is 5.92 Å². The number of likely N-dealkylation sites (N-methyl/N-ethyl adjacent to an activating group) is 1. The van der Waals surface area contributed by atoms with Crippen molar-refractivity contribution in [1.82, 2.24) is 15.1 Å². The van der Waals surface area contributed by atoms with Gasteiger partial charge < -0.3 is 15.3 Å². The van der Waals surface area contributed by atoms with Crippen molar-refractivity contribution in [1.29, 1.82) is 0 Å². The molecule has 2 unspecified atom stereocenters. The van der Waals surface area contributed by atoms with Crippen LogP contribution in [-0.2, 0) is 4.79 Å². The Bertz CT molecular complexity index is 292. The van der Waals surface area contributed by atoms with Crippen LogP contribution in [0.2, 0.25) is 0 Å². The standard InChI is InChI=1S/C13H25N3O2/c1-15(2)7-11-5-12(17)8-16(11)9-13(18)14-6-10-3-4-10/h10-12,17H,3-9H2,1-2H3,(H,14,18). The molecule has 0 aromatic heterocycles. The van der Waals surface area contributed by atoms with Gasteiger partial charge in [0.15, 0.2) is 0 Å². The summed E-state index contributed by atoms with van der Waals surface area (Å²) >= 11 is 0. The first-order valence-electron chi connectivity index (χ1n) is 6.88. The number of amides is 1. The first kappa shape index (κ1) is 13.8. The van der Waals surface area contributed by atoms with Crippen LogP contribution >= 0.6 is 0 Å². The van der Waals surface area contributed by atoms with Gasteiger partial charge in [-0.15, -0.1) is 0 Å². The number of aliphatic hydroxyl groups is 1. The smallest absolute Gasteiger partial charge is 0.234 e. The molecule has 0 aromatic rings. The largest absolute Gasteiger partial charge is 0.392 e. The van der Waals surface area contributed by atoms with Gasteiger partial charge in [-0.1, -0.05) is 0 Å². The van der Waals surface area contributed by atoms with E-state index in [2.05, 4.69) is 15.1 Å². The first-order chi connectivity index (χ1) is 8.54. The fourth-order valence-electron chi connectivity index (χ4n) is 2.58. The Hall–Kier alpha value is -0.650. The first-order valence-corrected chi connectivity index (χ1v) is 6.88. The van der Waals surface area contributed by atoms with Crippen LogP contribution in [0.3, 0.4) is 0 Å². The third-order valence-electron chi connectivity index (χ3n) is 3.71. The SMILES string of the molecule is CN(C)CC1CC(O)CN1CC(=O)NCC1CC1. The topological polar surface area (TPSA) is 55.8 Å². The van der Waals surface area contributed by atoms with E-state index in [-0.39, 0.29) is 12.0 Å². The second-order valence-electron chi connectivity index (χ2n) is 5.98. The van der Waals surface area contributed by atoms with Crippen LogP contribution in [-0.4, -0.2) is 73.2 Å². The van der Waals surface area contributed by atoms with Crippen LogP contribution < -0.4 is 5.32 Å². The molecular weight excluding hydrogens is 230 g/mol. The van der Waals surface area contributed by atoms with Crippen molar-refractivity contribution in [2.75, 3.05) is 40.3 Å². The van der Waals surface area contributed by atoms with Crippen molar-refractivity contribution < 1.29 is 9.90 Å². The summed E-state index contributed by atoms with van der Waals surface area (Å²) in [5.74, 6) is 0.815. The normalized spacial score (nSPS) is 28.9. The average molecular weight is 255 g/mol. The molecule has 0 aromatic carbocycles. The number of carbonyl (C=O) groups excluding carboxylic acids is 1. The lowest BCUT2D eigenvalue weighted by molar-refractivity contribution is -0.122. The molecule has 0 spiro atoms. The van der Waals surface area contributed by atoms with E-state index in [1.807, 2.05) is 14.1 Å². The molecule has 5 nitrogen and oxygen atoms in total. The lowest BCUT2D eigenvalue weighted by Gasteiger charge is -2.26. The summed E-state index contributed by atoms with van der Waals surface area (Å²) in [6.07, 6.45) is 3.00. The zero-order valence-electron chi connectivity index (χ0n) is 11.4. The second-order valence-corrected chi connectivity index (χ2v) is 5.98. The van der Waals surface area contributed by atoms with Crippen LogP contribution in [0.5, 0.6) is 0 Å². The number of nitrogens with zero attached hydrogens (tertiary/aromatic N) is 2. The minimum Gasteiger partial charge on any atom is -0.392 e. The number of carbonyl (C=O) groups is 1.